The van der Waals surface area contributed by atoms with Gasteiger partial charge >= 0.3 is 5.97 Å². The summed E-state index contributed by atoms with van der Waals surface area (Å²) in [5.74, 6) is -3.97. The molecule has 0 spiro atoms. The highest BCUT2D eigenvalue weighted by Crippen LogP contribution is 2.24. The molecule has 2 aromatic rings. The van der Waals surface area contributed by atoms with Gasteiger partial charge in [-0.1, -0.05) is 5.16 Å². The molecular formula is C16H15F2N3O4. The summed E-state index contributed by atoms with van der Waals surface area (Å²) in [6.07, 6.45) is 0.458. The molecule has 0 saturated carbocycles. The Morgan fingerprint density at radius 2 is 2.12 bits per heavy atom. The highest BCUT2D eigenvalue weighted by atomic mass is 19.1. The lowest BCUT2D eigenvalue weighted by Gasteiger charge is -2.29. The third kappa shape index (κ3) is 3.66. The van der Waals surface area contributed by atoms with E-state index in [-0.39, 0.29) is 23.6 Å². The molecule has 1 aliphatic heterocycles. The molecular weight excluding hydrogens is 336 g/mol. The topological polar surface area (TPSA) is 104 Å². The minimum absolute atomic E-state index is 0.0252. The number of hydrogen-bond donors (Lipinski definition) is 3. The maximum absolute atomic E-state index is 13.8. The lowest BCUT2D eigenvalue weighted by molar-refractivity contribution is -0.143. The van der Waals surface area contributed by atoms with Crippen molar-refractivity contribution in [3.05, 3.63) is 41.6 Å². The second-order valence-electron chi connectivity index (χ2n) is 5.72. The van der Waals surface area contributed by atoms with E-state index in [1.165, 1.54) is 12.1 Å². The van der Waals surface area contributed by atoms with Crippen molar-refractivity contribution >= 4 is 11.9 Å². The van der Waals surface area contributed by atoms with Gasteiger partial charge in [-0.15, -0.1) is 0 Å². The highest BCUT2D eigenvalue weighted by molar-refractivity contribution is 5.93. The summed E-state index contributed by atoms with van der Waals surface area (Å²) in [6, 6.07) is 3.62. The van der Waals surface area contributed by atoms with E-state index in [2.05, 4.69) is 15.8 Å². The Labute approximate surface area is 141 Å². The van der Waals surface area contributed by atoms with Crippen LogP contribution in [0.3, 0.4) is 0 Å². The summed E-state index contributed by atoms with van der Waals surface area (Å²) < 4.78 is 31.7. The molecule has 1 fully saturated rings. The molecule has 1 aliphatic rings. The summed E-state index contributed by atoms with van der Waals surface area (Å²) >= 11 is 0. The molecule has 0 radical (unpaired) electrons. The van der Waals surface area contributed by atoms with Crippen LogP contribution >= 0.6 is 0 Å². The van der Waals surface area contributed by atoms with Crippen LogP contribution in [0.2, 0.25) is 0 Å². The first kappa shape index (κ1) is 17.0. The van der Waals surface area contributed by atoms with Gasteiger partial charge in [0.1, 0.15) is 11.6 Å². The lowest BCUT2D eigenvalue weighted by Crippen LogP contribution is -2.52. The van der Waals surface area contributed by atoms with Crippen molar-refractivity contribution in [2.75, 3.05) is 13.1 Å². The Bertz CT molecular complexity index is 808. The number of aliphatic carboxylic acids is 1. The van der Waals surface area contributed by atoms with Crippen molar-refractivity contribution < 1.29 is 28.0 Å². The minimum atomic E-state index is -1.01. The zero-order valence-electron chi connectivity index (χ0n) is 13.0. The molecule has 132 valence electrons. The molecule has 0 unspecified atom stereocenters. The normalized spacial score (nSPS) is 20.2. The SMILES string of the molecule is O=C(N[C@@H]1CCNC[C@H]1C(=O)O)c1cc(-c2ccc(F)cc2F)on1. The molecule has 2 heterocycles. The van der Waals surface area contributed by atoms with Gasteiger partial charge < -0.3 is 20.3 Å². The third-order valence-electron chi connectivity index (χ3n) is 4.06. The van der Waals surface area contributed by atoms with E-state index < -0.39 is 35.5 Å². The number of rotatable bonds is 4. The number of amides is 1. The number of hydrogen-bond acceptors (Lipinski definition) is 5. The molecule has 25 heavy (non-hydrogen) atoms. The fraction of sp³-hybridized carbons (Fsp3) is 0.312. The maximum atomic E-state index is 13.8. The number of piperidine rings is 1. The second kappa shape index (κ2) is 6.98. The smallest absolute Gasteiger partial charge is 0.309 e. The van der Waals surface area contributed by atoms with Gasteiger partial charge in [-0.25, -0.2) is 8.78 Å². The molecule has 1 amide bonds. The Hall–Kier alpha value is -2.81. The minimum Gasteiger partial charge on any atom is -0.481 e. The first-order valence-electron chi connectivity index (χ1n) is 7.62. The fourth-order valence-corrected chi connectivity index (χ4v) is 2.73. The van der Waals surface area contributed by atoms with Gasteiger partial charge in [-0.3, -0.25) is 9.59 Å². The number of carbonyl (C=O) groups excluding carboxylic acids is 1. The van der Waals surface area contributed by atoms with Crippen molar-refractivity contribution in [2.45, 2.75) is 12.5 Å². The van der Waals surface area contributed by atoms with Crippen molar-refractivity contribution in [1.29, 1.82) is 0 Å². The number of nitrogens with zero attached hydrogens (tertiary/aromatic N) is 1. The van der Waals surface area contributed by atoms with E-state index in [1.54, 1.807) is 0 Å². The van der Waals surface area contributed by atoms with E-state index in [0.717, 1.165) is 6.07 Å². The van der Waals surface area contributed by atoms with Gasteiger partial charge in [0, 0.05) is 24.7 Å². The van der Waals surface area contributed by atoms with Gasteiger partial charge in [0.05, 0.1) is 11.5 Å². The van der Waals surface area contributed by atoms with E-state index in [0.29, 0.717) is 19.0 Å². The Balaban J connectivity index is 1.75. The van der Waals surface area contributed by atoms with Crippen LogP contribution < -0.4 is 10.6 Å². The summed E-state index contributed by atoms with van der Waals surface area (Å²) in [5, 5.41) is 18.4. The van der Waals surface area contributed by atoms with Crippen LogP contribution in [0, 0.1) is 17.6 Å². The van der Waals surface area contributed by atoms with Crippen LogP contribution in [0.25, 0.3) is 11.3 Å². The summed E-state index contributed by atoms with van der Waals surface area (Å²) in [5.41, 5.74) is -0.139. The molecule has 9 heteroatoms. The molecule has 2 atom stereocenters. The predicted molar refractivity (Wildman–Crippen MR) is 81.7 cm³/mol. The van der Waals surface area contributed by atoms with E-state index in [4.69, 9.17) is 4.52 Å². The zero-order chi connectivity index (χ0) is 18.0. The summed E-state index contributed by atoms with van der Waals surface area (Å²) in [6.45, 7) is 0.838. The third-order valence-corrected chi connectivity index (χ3v) is 4.06. The number of carboxylic acids is 1. The van der Waals surface area contributed by atoms with Crippen LogP contribution in [0.5, 0.6) is 0 Å². The van der Waals surface area contributed by atoms with Crippen LogP contribution in [-0.4, -0.2) is 41.3 Å². The Morgan fingerprint density at radius 3 is 2.84 bits per heavy atom. The lowest BCUT2D eigenvalue weighted by atomic mass is 9.93. The standard InChI is InChI=1S/C16H15F2N3O4/c17-8-1-2-9(11(18)5-8)14-6-13(21-25-14)15(22)20-12-3-4-19-7-10(12)16(23)24/h1-2,5-6,10,12,19H,3-4,7H2,(H,20,22)(H,23,24)/t10-,12-/m1/s1. The maximum Gasteiger partial charge on any atom is 0.309 e. The molecule has 1 aromatic heterocycles. The van der Waals surface area contributed by atoms with E-state index >= 15 is 0 Å². The number of carbonyl (C=O) groups is 2. The van der Waals surface area contributed by atoms with Crippen LogP contribution in [0.4, 0.5) is 8.78 Å². The zero-order valence-corrected chi connectivity index (χ0v) is 13.0. The molecule has 1 saturated heterocycles. The van der Waals surface area contributed by atoms with Crippen molar-refractivity contribution in [3.63, 3.8) is 0 Å². The largest absolute Gasteiger partial charge is 0.481 e. The van der Waals surface area contributed by atoms with Gasteiger partial charge in [-0.2, -0.15) is 0 Å². The fourth-order valence-electron chi connectivity index (χ4n) is 2.73. The molecule has 7 nitrogen and oxygen atoms in total. The Morgan fingerprint density at radius 1 is 1.32 bits per heavy atom. The van der Waals surface area contributed by atoms with Crippen LogP contribution in [-0.2, 0) is 4.79 Å². The van der Waals surface area contributed by atoms with E-state index in [1.807, 2.05) is 0 Å². The van der Waals surface area contributed by atoms with Gasteiger partial charge in [0.15, 0.2) is 11.5 Å². The Kier molecular flexibility index (Phi) is 4.75. The molecule has 0 bridgehead atoms. The summed E-state index contributed by atoms with van der Waals surface area (Å²) in [7, 11) is 0. The highest BCUT2D eigenvalue weighted by Gasteiger charge is 2.32. The van der Waals surface area contributed by atoms with Crippen LogP contribution in [0.1, 0.15) is 16.9 Å². The monoisotopic (exact) mass is 351 g/mol. The first-order valence-corrected chi connectivity index (χ1v) is 7.62. The van der Waals surface area contributed by atoms with Crippen LogP contribution in [0.15, 0.2) is 28.8 Å². The van der Waals surface area contributed by atoms with Gasteiger partial charge in [0.2, 0.25) is 0 Å². The number of carboxylic acid groups (broad SMARTS) is 1. The van der Waals surface area contributed by atoms with Crippen molar-refractivity contribution in [3.8, 4) is 11.3 Å². The van der Waals surface area contributed by atoms with Gasteiger partial charge in [0.25, 0.3) is 5.91 Å². The van der Waals surface area contributed by atoms with Crippen molar-refractivity contribution in [2.24, 2.45) is 5.92 Å². The summed E-state index contributed by atoms with van der Waals surface area (Å²) in [4.78, 5) is 23.5. The molecule has 3 N–H and O–H groups in total. The molecule has 0 aliphatic carbocycles. The number of benzene rings is 1. The number of aromatic nitrogens is 1. The molecule has 3 rings (SSSR count). The average molecular weight is 351 g/mol. The average Bonchev–Trinajstić information content (AvgIpc) is 3.05. The number of halogens is 2. The quantitative estimate of drug-likeness (QED) is 0.769. The van der Waals surface area contributed by atoms with Gasteiger partial charge in [-0.05, 0) is 25.1 Å². The number of nitrogens with one attached hydrogen (secondary N) is 2. The second-order valence-corrected chi connectivity index (χ2v) is 5.72. The van der Waals surface area contributed by atoms with E-state index in [9.17, 15) is 23.5 Å². The predicted octanol–water partition coefficient (Wildman–Crippen LogP) is 1.41. The first-order chi connectivity index (χ1) is 12.0. The molecule has 1 aromatic carbocycles. The van der Waals surface area contributed by atoms with Crippen molar-refractivity contribution in [1.82, 2.24) is 15.8 Å².